The quantitative estimate of drug-likeness (QED) is 0.574. The van der Waals surface area contributed by atoms with Gasteiger partial charge in [-0.1, -0.05) is 29.8 Å². The fourth-order valence-electron chi connectivity index (χ4n) is 3.47. The third-order valence-electron chi connectivity index (χ3n) is 5.08. The molecule has 1 aliphatic heterocycles. The number of hydrogen-bond acceptors (Lipinski definition) is 7. The first-order valence-electron chi connectivity index (χ1n) is 10.1. The summed E-state index contributed by atoms with van der Waals surface area (Å²) in [4.78, 5) is 23.1. The summed E-state index contributed by atoms with van der Waals surface area (Å²) in [7, 11) is 3.12. The molecule has 1 heterocycles. The number of aliphatic carboxylic acids is 2. The highest BCUT2D eigenvalue weighted by Gasteiger charge is 2.19. The van der Waals surface area contributed by atoms with Gasteiger partial charge in [-0.25, -0.2) is 9.59 Å². The van der Waals surface area contributed by atoms with E-state index >= 15 is 0 Å². The molecule has 174 valence electrons. The normalized spacial score (nSPS) is 14.2. The molecule has 0 unspecified atom stereocenters. The molecule has 0 bridgehead atoms. The second kappa shape index (κ2) is 11.9. The van der Waals surface area contributed by atoms with Crippen LogP contribution in [0.15, 0.2) is 36.4 Å². The molecule has 9 heteroatoms. The van der Waals surface area contributed by atoms with Crippen molar-refractivity contribution < 1.29 is 34.4 Å². The van der Waals surface area contributed by atoms with E-state index in [2.05, 4.69) is 41.0 Å². The van der Waals surface area contributed by atoms with Crippen molar-refractivity contribution >= 4 is 11.9 Å². The minimum atomic E-state index is -1.82. The number of piperazine rings is 1. The van der Waals surface area contributed by atoms with Gasteiger partial charge in [0.25, 0.3) is 0 Å². The topological polar surface area (TPSA) is 120 Å². The number of nitrogens with zero attached hydrogens (tertiary/aromatic N) is 2. The van der Waals surface area contributed by atoms with Crippen LogP contribution in [0.4, 0.5) is 0 Å². The lowest BCUT2D eigenvalue weighted by Gasteiger charge is -2.35. The van der Waals surface area contributed by atoms with E-state index < -0.39 is 11.9 Å². The number of benzene rings is 2. The maximum Gasteiger partial charge on any atom is 0.414 e. The molecular formula is C23H30N2O7. The van der Waals surface area contributed by atoms with Crippen molar-refractivity contribution in [2.75, 3.05) is 40.4 Å². The minimum absolute atomic E-state index is 0.0572. The zero-order valence-corrected chi connectivity index (χ0v) is 18.6. The first-order valence-corrected chi connectivity index (χ1v) is 10.1. The van der Waals surface area contributed by atoms with Crippen LogP contribution in [0.25, 0.3) is 0 Å². The molecule has 32 heavy (non-hydrogen) atoms. The van der Waals surface area contributed by atoms with Crippen LogP contribution in [0.5, 0.6) is 17.2 Å². The van der Waals surface area contributed by atoms with Gasteiger partial charge in [0.15, 0.2) is 11.5 Å². The number of carbonyl (C=O) groups is 2. The molecule has 0 amide bonds. The number of aromatic hydroxyl groups is 1. The van der Waals surface area contributed by atoms with Crippen LogP contribution >= 0.6 is 0 Å². The second-order valence-corrected chi connectivity index (χ2v) is 7.50. The van der Waals surface area contributed by atoms with Crippen molar-refractivity contribution in [1.29, 1.82) is 0 Å². The standard InChI is InChI=1S/C21H28N2O3.C2H2O4/c1-16-5-4-6-17(11-16)14-22-7-9-23(10-8-22)15-18-12-19(25-2)21(24)20(13-18)26-3;3-1(4)2(5)6/h4-6,11-13,24H,7-10,14-15H2,1-3H3;(H,3,4)(H,5,6). The number of phenolic OH excluding ortho intramolecular Hbond substituents is 1. The minimum Gasteiger partial charge on any atom is -0.502 e. The maximum absolute atomic E-state index is 10.0. The van der Waals surface area contributed by atoms with Crippen LogP contribution in [-0.4, -0.2) is 77.5 Å². The average molecular weight is 447 g/mol. The van der Waals surface area contributed by atoms with E-state index in [1.807, 2.05) is 12.1 Å². The van der Waals surface area contributed by atoms with E-state index in [9.17, 15) is 5.11 Å². The van der Waals surface area contributed by atoms with Gasteiger partial charge in [0.05, 0.1) is 14.2 Å². The van der Waals surface area contributed by atoms with Crippen LogP contribution in [0.1, 0.15) is 16.7 Å². The molecule has 1 aliphatic rings. The monoisotopic (exact) mass is 446 g/mol. The molecule has 0 aliphatic carbocycles. The largest absolute Gasteiger partial charge is 0.502 e. The number of rotatable bonds is 6. The summed E-state index contributed by atoms with van der Waals surface area (Å²) in [5.41, 5.74) is 3.78. The van der Waals surface area contributed by atoms with Crippen molar-refractivity contribution in [2.45, 2.75) is 20.0 Å². The Labute approximate surface area is 187 Å². The highest BCUT2D eigenvalue weighted by atomic mass is 16.5. The van der Waals surface area contributed by atoms with Gasteiger partial charge in [-0.05, 0) is 30.2 Å². The lowest BCUT2D eigenvalue weighted by Crippen LogP contribution is -2.45. The van der Waals surface area contributed by atoms with E-state index in [0.29, 0.717) is 11.5 Å². The van der Waals surface area contributed by atoms with Crippen molar-refractivity contribution in [2.24, 2.45) is 0 Å². The van der Waals surface area contributed by atoms with Crippen molar-refractivity contribution in [3.8, 4) is 17.2 Å². The Hall–Kier alpha value is -3.30. The predicted octanol–water partition coefficient (Wildman–Crippen LogP) is 2.19. The molecule has 3 N–H and O–H groups in total. The highest BCUT2D eigenvalue weighted by molar-refractivity contribution is 6.27. The molecule has 0 saturated carbocycles. The third kappa shape index (κ3) is 7.44. The molecular weight excluding hydrogens is 416 g/mol. The van der Waals surface area contributed by atoms with E-state index in [1.54, 1.807) is 14.2 Å². The lowest BCUT2D eigenvalue weighted by molar-refractivity contribution is -0.159. The van der Waals surface area contributed by atoms with Crippen LogP contribution in [0.2, 0.25) is 0 Å². The Morgan fingerprint density at radius 2 is 1.31 bits per heavy atom. The summed E-state index contributed by atoms with van der Waals surface area (Å²) in [5.74, 6) is -2.68. The molecule has 9 nitrogen and oxygen atoms in total. The molecule has 0 aromatic heterocycles. The number of carboxylic acids is 2. The second-order valence-electron chi connectivity index (χ2n) is 7.50. The number of hydrogen-bond donors (Lipinski definition) is 3. The summed E-state index contributed by atoms with van der Waals surface area (Å²) in [6.45, 7) is 8.14. The van der Waals surface area contributed by atoms with Crippen LogP contribution < -0.4 is 9.47 Å². The molecule has 0 atom stereocenters. The van der Waals surface area contributed by atoms with Crippen molar-refractivity contribution in [3.63, 3.8) is 0 Å². The fourth-order valence-corrected chi connectivity index (χ4v) is 3.47. The van der Waals surface area contributed by atoms with Gasteiger partial charge >= 0.3 is 11.9 Å². The predicted molar refractivity (Wildman–Crippen MR) is 118 cm³/mol. The Bertz CT molecular complexity index is 887. The lowest BCUT2D eigenvalue weighted by atomic mass is 10.1. The maximum atomic E-state index is 10.0. The Balaban J connectivity index is 0.000000534. The van der Waals surface area contributed by atoms with Crippen molar-refractivity contribution in [3.05, 3.63) is 53.1 Å². The molecule has 1 fully saturated rings. The molecule has 0 spiro atoms. The summed E-state index contributed by atoms with van der Waals surface area (Å²) in [5, 5.41) is 24.8. The van der Waals surface area contributed by atoms with Gasteiger partial charge in [0.1, 0.15) is 0 Å². The van der Waals surface area contributed by atoms with E-state index in [1.165, 1.54) is 11.1 Å². The Kier molecular flexibility index (Phi) is 9.30. The number of ether oxygens (including phenoxy) is 2. The van der Waals surface area contributed by atoms with Gasteiger partial charge in [-0.2, -0.15) is 0 Å². The Morgan fingerprint density at radius 1 is 0.844 bits per heavy atom. The fraction of sp³-hybridized carbons (Fsp3) is 0.391. The summed E-state index contributed by atoms with van der Waals surface area (Å²) >= 11 is 0. The van der Waals surface area contributed by atoms with Gasteiger partial charge in [-0.3, -0.25) is 9.80 Å². The van der Waals surface area contributed by atoms with Gasteiger partial charge in [-0.15, -0.1) is 0 Å². The number of methoxy groups -OCH3 is 2. The first-order chi connectivity index (χ1) is 15.2. The van der Waals surface area contributed by atoms with Gasteiger partial charge in [0, 0.05) is 39.3 Å². The summed E-state index contributed by atoms with van der Waals surface area (Å²) in [6, 6.07) is 12.5. The van der Waals surface area contributed by atoms with E-state index in [4.69, 9.17) is 29.3 Å². The van der Waals surface area contributed by atoms with Crippen LogP contribution in [0.3, 0.4) is 0 Å². The molecule has 2 aromatic rings. The molecule has 1 saturated heterocycles. The summed E-state index contributed by atoms with van der Waals surface area (Å²) < 4.78 is 10.5. The Morgan fingerprint density at radius 3 is 1.72 bits per heavy atom. The SMILES string of the molecule is COc1cc(CN2CCN(Cc3cccc(C)c3)CC2)cc(OC)c1O.O=C(O)C(=O)O. The van der Waals surface area contributed by atoms with Gasteiger partial charge < -0.3 is 24.8 Å². The zero-order valence-electron chi connectivity index (χ0n) is 18.6. The highest BCUT2D eigenvalue weighted by Crippen LogP contribution is 2.37. The average Bonchev–Trinajstić information content (AvgIpc) is 2.76. The molecule has 2 aromatic carbocycles. The van der Waals surface area contributed by atoms with Gasteiger partial charge in [0.2, 0.25) is 5.75 Å². The number of carboxylic acid groups (broad SMARTS) is 2. The molecule has 0 radical (unpaired) electrons. The van der Waals surface area contributed by atoms with Crippen LogP contribution in [-0.2, 0) is 22.7 Å². The first kappa shape index (κ1) is 25.0. The zero-order chi connectivity index (χ0) is 23.7. The summed E-state index contributed by atoms with van der Waals surface area (Å²) in [6.07, 6.45) is 0. The van der Waals surface area contributed by atoms with E-state index in [-0.39, 0.29) is 5.75 Å². The van der Waals surface area contributed by atoms with Crippen molar-refractivity contribution in [1.82, 2.24) is 9.80 Å². The number of phenols is 1. The smallest absolute Gasteiger partial charge is 0.414 e. The number of aryl methyl sites for hydroxylation is 1. The third-order valence-corrected chi connectivity index (χ3v) is 5.08. The molecule has 3 rings (SSSR count). The van der Waals surface area contributed by atoms with Crippen LogP contribution in [0, 0.1) is 6.92 Å². The van der Waals surface area contributed by atoms with E-state index in [0.717, 1.165) is 44.8 Å².